The fourth-order valence-electron chi connectivity index (χ4n) is 2.99. The van der Waals surface area contributed by atoms with Gasteiger partial charge in [-0.25, -0.2) is 8.78 Å². The van der Waals surface area contributed by atoms with Crippen LogP contribution in [0.3, 0.4) is 0 Å². The van der Waals surface area contributed by atoms with E-state index in [9.17, 15) is 13.6 Å². The Bertz CT molecular complexity index is 1160. The second-order valence-corrected chi connectivity index (χ2v) is 6.71. The lowest BCUT2D eigenvalue weighted by molar-refractivity contribution is 0.0950. The maximum Gasteiger partial charge on any atom is 0.251 e. The Kier molecular flexibility index (Phi) is 7.22. The van der Waals surface area contributed by atoms with Crippen LogP contribution in [-0.4, -0.2) is 30.5 Å². The molecule has 7 nitrogen and oxygen atoms in total. The van der Waals surface area contributed by atoms with Gasteiger partial charge in [-0.2, -0.15) is 5.10 Å². The molecule has 0 aliphatic rings. The van der Waals surface area contributed by atoms with Gasteiger partial charge in [0.1, 0.15) is 28.8 Å². The number of carbonyl (C=O) groups is 1. The lowest BCUT2D eigenvalue weighted by Crippen LogP contribution is -2.23. The number of carbonyl (C=O) groups excluding carboxylic acids is 1. The number of amidine groups is 1. The van der Waals surface area contributed by atoms with Crippen LogP contribution in [0.5, 0.6) is 11.5 Å². The topological polar surface area (TPSA) is 88.0 Å². The largest absolute Gasteiger partial charge is 0.457 e. The smallest absolute Gasteiger partial charge is 0.251 e. The first-order valence-electron chi connectivity index (χ1n) is 9.57. The van der Waals surface area contributed by atoms with Crippen LogP contribution in [0.2, 0.25) is 0 Å². The van der Waals surface area contributed by atoms with E-state index in [2.05, 4.69) is 32.5 Å². The average molecular weight is 437 g/mol. The molecule has 1 amide bonds. The summed E-state index contributed by atoms with van der Waals surface area (Å²) in [5.41, 5.74) is 4.46. The Hall–Kier alpha value is -4.14. The highest BCUT2D eigenvalue weighted by Crippen LogP contribution is 2.27. The number of aromatic nitrogens is 1. The molecule has 32 heavy (non-hydrogen) atoms. The molecule has 164 valence electrons. The van der Waals surface area contributed by atoms with Crippen molar-refractivity contribution in [2.75, 3.05) is 7.05 Å². The van der Waals surface area contributed by atoms with Crippen molar-refractivity contribution in [1.29, 1.82) is 0 Å². The summed E-state index contributed by atoms with van der Waals surface area (Å²) in [6.45, 7) is 5.10. The Morgan fingerprint density at radius 3 is 2.59 bits per heavy atom. The van der Waals surface area contributed by atoms with Crippen LogP contribution >= 0.6 is 0 Å². The number of ether oxygens (including phenoxy) is 1. The van der Waals surface area contributed by atoms with E-state index in [0.717, 1.165) is 6.07 Å². The summed E-state index contributed by atoms with van der Waals surface area (Å²) >= 11 is 0. The number of hydrazone groups is 1. The molecule has 0 aliphatic carbocycles. The second-order valence-electron chi connectivity index (χ2n) is 6.71. The van der Waals surface area contributed by atoms with E-state index < -0.39 is 17.5 Å². The van der Waals surface area contributed by atoms with Crippen LogP contribution in [0.25, 0.3) is 0 Å². The van der Waals surface area contributed by atoms with Crippen LogP contribution < -0.4 is 15.5 Å². The first kappa shape index (κ1) is 22.5. The van der Waals surface area contributed by atoms with Gasteiger partial charge in [0.2, 0.25) is 0 Å². The van der Waals surface area contributed by atoms with Gasteiger partial charge in [0.15, 0.2) is 5.84 Å². The minimum absolute atomic E-state index is 0.0186. The van der Waals surface area contributed by atoms with E-state index in [0.29, 0.717) is 39.7 Å². The number of hydrogen-bond donors (Lipinski definition) is 2. The molecule has 3 aromatic rings. The average Bonchev–Trinajstić information content (AvgIpc) is 2.77. The van der Waals surface area contributed by atoms with Gasteiger partial charge in [-0.05, 0) is 42.8 Å². The van der Waals surface area contributed by atoms with Gasteiger partial charge in [-0.15, -0.1) is 0 Å². The van der Waals surface area contributed by atoms with Gasteiger partial charge >= 0.3 is 0 Å². The Balaban J connectivity index is 1.77. The van der Waals surface area contributed by atoms with Gasteiger partial charge in [0, 0.05) is 49.8 Å². The summed E-state index contributed by atoms with van der Waals surface area (Å²) < 4.78 is 32.7. The van der Waals surface area contributed by atoms with E-state index in [-0.39, 0.29) is 6.54 Å². The standard InChI is InChI=1S/C23H21F2N5O2/c1-14-19(23(31)29-13-15-9-16(24)11-17(25)10-15)5-4-6-21(14)32-18-7-8-28-20(12-18)22(26-2)30-27-3/h4-12H,3,13H2,1-2H3,(H,26,30)(H,29,31). The Morgan fingerprint density at radius 2 is 1.91 bits per heavy atom. The summed E-state index contributed by atoms with van der Waals surface area (Å²) in [5.74, 6) is -0.422. The first-order chi connectivity index (χ1) is 15.4. The predicted molar refractivity (Wildman–Crippen MR) is 118 cm³/mol. The van der Waals surface area contributed by atoms with Crippen molar-refractivity contribution in [1.82, 2.24) is 15.7 Å². The maximum atomic E-state index is 13.4. The number of pyridine rings is 1. The molecule has 2 aromatic carbocycles. The fraction of sp³-hybridized carbons (Fsp3) is 0.130. The van der Waals surface area contributed by atoms with Crippen LogP contribution in [0.1, 0.15) is 27.2 Å². The molecule has 2 N–H and O–H groups in total. The van der Waals surface area contributed by atoms with Gasteiger partial charge in [-0.1, -0.05) is 6.07 Å². The highest BCUT2D eigenvalue weighted by atomic mass is 19.1. The number of benzene rings is 2. The number of amides is 1. The quantitative estimate of drug-likeness (QED) is 0.333. The Morgan fingerprint density at radius 1 is 1.16 bits per heavy atom. The van der Waals surface area contributed by atoms with E-state index in [1.54, 1.807) is 50.5 Å². The van der Waals surface area contributed by atoms with Crippen LogP contribution in [-0.2, 0) is 6.54 Å². The number of aliphatic imine (C=N–C) groups is 1. The molecule has 0 bridgehead atoms. The van der Waals surface area contributed by atoms with Crippen LogP contribution in [0.4, 0.5) is 8.78 Å². The minimum atomic E-state index is -0.701. The highest BCUT2D eigenvalue weighted by Gasteiger charge is 2.14. The molecule has 3 rings (SSSR count). The van der Waals surface area contributed by atoms with Crippen molar-refractivity contribution in [3.05, 3.63) is 88.7 Å². The van der Waals surface area contributed by atoms with Crippen molar-refractivity contribution < 1.29 is 18.3 Å². The molecule has 0 saturated heterocycles. The zero-order chi connectivity index (χ0) is 23.1. The molecule has 0 unspecified atom stereocenters. The third kappa shape index (κ3) is 5.51. The molecular formula is C23H21F2N5O2. The number of nitrogens with zero attached hydrogens (tertiary/aromatic N) is 3. The molecule has 0 atom stereocenters. The molecule has 1 aromatic heterocycles. The Labute approximate surface area is 183 Å². The lowest BCUT2D eigenvalue weighted by atomic mass is 10.1. The molecular weight excluding hydrogens is 416 g/mol. The lowest BCUT2D eigenvalue weighted by Gasteiger charge is -2.13. The number of rotatable bonds is 7. The summed E-state index contributed by atoms with van der Waals surface area (Å²) in [5, 5.41) is 6.26. The van der Waals surface area contributed by atoms with Crippen LogP contribution in [0.15, 0.2) is 64.8 Å². The molecule has 9 heteroatoms. The molecule has 0 saturated carbocycles. The molecule has 0 spiro atoms. The maximum absolute atomic E-state index is 13.4. The normalized spacial score (nSPS) is 11.1. The third-order valence-corrected chi connectivity index (χ3v) is 4.51. The summed E-state index contributed by atoms with van der Waals surface area (Å²) in [7, 11) is 1.59. The molecule has 0 fully saturated rings. The highest BCUT2D eigenvalue weighted by molar-refractivity contribution is 5.97. The molecule has 0 aliphatic heterocycles. The van der Waals surface area contributed by atoms with Crippen molar-refractivity contribution >= 4 is 18.5 Å². The first-order valence-corrected chi connectivity index (χ1v) is 9.57. The summed E-state index contributed by atoms with van der Waals surface area (Å²) in [4.78, 5) is 21.0. The summed E-state index contributed by atoms with van der Waals surface area (Å²) in [6.07, 6.45) is 1.56. The fourth-order valence-corrected chi connectivity index (χ4v) is 2.99. The number of nitrogens with one attached hydrogen (secondary N) is 2. The van der Waals surface area contributed by atoms with Gasteiger partial charge in [-0.3, -0.25) is 20.2 Å². The third-order valence-electron chi connectivity index (χ3n) is 4.51. The van der Waals surface area contributed by atoms with E-state index in [1.165, 1.54) is 12.1 Å². The number of hydrogen-bond acceptors (Lipinski definition) is 5. The molecule has 1 heterocycles. The van der Waals surface area contributed by atoms with E-state index >= 15 is 0 Å². The zero-order valence-corrected chi connectivity index (χ0v) is 17.5. The van der Waals surface area contributed by atoms with Crippen molar-refractivity contribution in [3.8, 4) is 11.5 Å². The van der Waals surface area contributed by atoms with E-state index in [4.69, 9.17) is 4.74 Å². The van der Waals surface area contributed by atoms with E-state index in [1.807, 2.05) is 0 Å². The van der Waals surface area contributed by atoms with Crippen LogP contribution in [0, 0.1) is 18.6 Å². The van der Waals surface area contributed by atoms with Crippen molar-refractivity contribution in [2.45, 2.75) is 13.5 Å². The number of halogens is 2. The monoisotopic (exact) mass is 437 g/mol. The van der Waals surface area contributed by atoms with Gasteiger partial charge in [0.25, 0.3) is 5.91 Å². The molecule has 0 radical (unpaired) electrons. The van der Waals surface area contributed by atoms with Gasteiger partial charge < -0.3 is 10.1 Å². The van der Waals surface area contributed by atoms with Crippen molar-refractivity contribution in [2.24, 2.45) is 10.1 Å². The minimum Gasteiger partial charge on any atom is -0.457 e. The predicted octanol–water partition coefficient (Wildman–Crippen LogP) is 3.97. The van der Waals surface area contributed by atoms with Gasteiger partial charge in [0.05, 0.1) is 0 Å². The second kappa shape index (κ2) is 10.3. The summed E-state index contributed by atoms with van der Waals surface area (Å²) in [6, 6.07) is 11.5. The zero-order valence-electron chi connectivity index (χ0n) is 17.5. The van der Waals surface area contributed by atoms with Crippen molar-refractivity contribution in [3.63, 3.8) is 0 Å². The SMILES string of the molecule is C=NNC(=NC)c1cc(Oc2cccc(C(=O)NCc3cc(F)cc(F)c3)c2C)ccn1.